The number of amides is 1. The summed E-state index contributed by atoms with van der Waals surface area (Å²) < 4.78 is 18.5. The lowest BCUT2D eigenvalue weighted by molar-refractivity contribution is 0.0318. The molecule has 0 atom stereocenters. The van der Waals surface area contributed by atoms with Crippen LogP contribution >= 0.6 is 0 Å². The molecule has 1 amide bonds. The highest BCUT2D eigenvalue weighted by Gasteiger charge is 2.13. The van der Waals surface area contributed by atoms with Crippen molar-refractivity contribution in [2.75, 3.05) is 26.2 Å². The van der Waals surface area contributed by atoms with Crippen LogP contribution in [0.1, 0.15) is 29.6 Å². The Bertz CT molecular complexity index is 476. The lowest BCUT2D eigenvalue weighted by Gasteiger charge is -2.22. The summed E-state index contributed by atoms with van der Waals surface area (Å²) in [5.74, 6) is -1.33. The second kappa shape index (κ2) is 7.95. The van der Waals surface area contributed by atoms with Gasteiger partial charge in [-0.25, -0.2) is 4.39 Å². The molecule has 0 radical (unpaired) electrons. The molecule has 0 spiro atoms. The number of benzene rings is 1. The highest BCUT2D eigenvalue weighted by Crippen LogP contribution is 2.17. The van der Waals surface area contributed by atoms with Crippen LogP contribution in [0, 0.1) is 5.82 Å². The predicted molar refractivity (Wildman–Crippen MR) is 76.9 cm³/mol. The molecule has 2 rings (SSSR count). The highest BCUT2D eigenvalue weighted by atomic mass is 19.1. The van der Waals surface area contributed by atoms with Crippen molar-refractivity contribution in [3.8, 4) is 5.75 Å². The third-order valence-corrected chi connectivity index (χ3v) is 3.45. The number of carbonyl (C=O) groups is 1. The molecule has 5 nitrogen and oxygen atoms in total. The van der Waals surface area contributed by atoms with Crippen molar-refractivity contribution in [1.82, 2.24) is 10.6 Å². The van der Waals surface area contributed by atoms with Gasteiger partial charge in [0.05, 0.1) is 11.7 Å². The van der Waals surface area contributed by atoms with E-state index in [0.29, 0.717) is 25.7 Å². The Morgan fingerprint density at radius 2 is 2.19 bits per heavy atom. The third-order valence-electron chi connectivity index (χ3n) is 3.45. The number of ether oxygens (including phenoxy) is 1. The van der Waals surface area contributed by atoms with Crippen LogP contribution in [0.3, 0.4) is 0 Å². The molecule has 1 aromatic rings. The summed E-state index contributed by atoms with van der Waals surface area (Å²) in [4.78, 5) is 11.8. The Balaban J connectivity index is 1.64. The van der Waals surface area contributed by atoms with Crippen LogP contribution in [0.4, 0.5) is 4.39 Å². The van der Waals surface area contributed by atoms with Crippen molar-refractivity contribution in [3.05, 3.63) is 29.6 Å². The van der Waals surface area contributed by atoms with E-state index in [-0.39, 0.29) is 11.3 Å². The van der Waals surface area contributed by atoms with Gasteiger partial charge in [-0.15, -0.1) is 0 Å². The van der Waals surface area contributed by atoms with Crippen LogP contribution in [0.25, 0.3) is 0 Å². The molecule has 6 heteroatoms. The summed E-state index contributed by atoms with van der Waals surface area (Å²) in [5.41, 5.74) is 0.0793. The molecule has 1 aliphatic rings. The maximum atomic E-state index is 12.8. The van der Waals surface area contributed by atoms with Crippen LogP contribution in [-0.2, 0) is 4.74 Å². The summed E-state index contributed by atoms with van der Waals surface area (Å²) in [6.07, 6.45) is 3.06. The van der Waals surface area contributed by atoms with Gasteiger partial charge in [-0.1, -0.05) is 0 Å². The molecule has 1 heterocycles. The minimum atomic E-state index is -0.570. The first-order chi connectivity index (χ1) is 10.2. The van der Waals surface area contributed by atoms with Crippen molar-refractivity contribution < 1.29 is 19.0 Å². The second-order valence-corrected chi connectivity index (χ2v) is 5.09. The molecule has 1 saturated heterocycles. The van der Waals surface area contributed by atoms with E-state index in [2.05, 4.69) is 10.6 Å². The zero-order valence-corrected chi connectivity index (χ0v) is 11.9. The Morgan fingerprint density at radius 3 is 2.90 bits per heavy atom. The lowest BCUT2D eigenvalue weighted by Crippen LogP contribution is -2.33. The van der Waals surface area contributed by atoms with Crippen LogP contribution in [0.2, 0.25) is 0 Å². The Morgan fingerprint density at radius 1 is 1.43 bits per heavy atom. The van der Waals surface area contributed by atoms with E-state index in [1.165, 1.54) is 6.07 Å². The van der Waals surface area contributed by atoms with Crippen molar-refractivity contribution in [2.45, 2.75) is 25.4 Å². The molecule has 1 fully saturated rings. The number of hydrogen-bond acceptors (Lipinski definition) is 4. The van der Waals surface area contributed by atoms with Gasteiger partial charge in [0.1, 0.15) is 11.6 Å². The van der Waals surface area contributed by atoms with E-state index < -0.39 is 11.7 Å². The van der Waals surface area contributed by atoms with Gasteiger partial charge < -0.3 is 20.5 Å². The maximum Gasteiger partial charge on any atom is 0.255 e. The van der Waals surface area contributed by atoms with Crippen molar-refractivity contribution >= 4 is 5.91 Å². The number of hydrogen-bond donors (Lipinski definition) is 3. The quantitative estimate of drug-likeness (QED) is 0.694. The Hall–Kier alpha value is -1.66. The van der Waals surface area contributed by atoms with E-state index >= 15 is 0 Å². The molecular weight excluding hydrogens is 275 g/mol. The molecule has 0 aromatic heterocycles. The fourth-order valence-electron chi connectivity index (χ4n) is 2.28. The van der Waals surface area contributed by atoms with Gasteiger partial charge in [-0.05, 0) is 44.5 Å². The van der Waals surface area contributed by atoms with E-state index in [9.17, 15) is 14.3 Å². The minimum Gasteiger partial charge on any atom is -0.507 e. The fraction of sp³-hybridized carbons (Fsp3) is 0.533. The number of phenolic OH excluding ortho intramolecular Hbond substituents is 1. The van der Waals surface area contributed by atoms with Crippen molar-refractivity contribution in [1.29, 1.82) is 0 Å². The predicted octanol–water partition coefficient (Wildman–Crippen LogP) is 1.42. The van der Waals surface area contributed by atoms with E-state index in [1.807, 2.05) is 0 Å². The number of carbonyl (C=O) groups excluding carboxylic acids is 1. The van der Waals surface area contributed by atoms with Gasteiger partial charge in [0.2, 0.25) is 0 Å². The van der Waals surface area contributed by atoms with Gasteiger partial charge in [-0.3, -0.25) is 4.79 Å². The highest BCUT2D eigenvalue weighted by molar-refractivity contribution is 5.96. The van der Waals surface area contributed by atoms with Gasteiger partial charge >= 0.3 is 0 Å². The normalized spacial score (nSPS) is 15.9. The van der Waals surface area contributed by atoms with Crippen LogP contribution in [0.5, 0.6) is 5.75 Å². The average molecular weight is 296 g/mol. The third kappa shape index (κ3) is 4.99. The lowest BCUT2D eigenvalue weighted by atomic mass is 10.1. The van der Waals surface area contributed by atoms with E-state index in [1.54, 1.807) is 0 Å². The zero-order valence-electron chi connectivity index (χ0n) is 11.9. The topological polar surface area (TPSA) is 70.6 Å². The van der Waals surface area contributed by atoms with Crippen molar-refractivity contribution in [3.63, 3.8) is 0 Å². The summed E-state index contributed by atoms with van der Waals surface area (Å²) in [7, 11) is 0. The number of rotatable bonds is 6. The standard InChI is InChI=1S/C15H21FN2O3/c16-11-2-3-13(14(19)10-11)15(20)18-6-1-9-21-12-4-7-17-8-5-12/h2-3,10,12,17,19H,1,4-9H2,(H,18,20). The van der Waals surface area contributed by atoms with Gasteiger partial charge in [0, 0.05) is 19.2 Å². The number of piperidine rings is 1. The molecule has 0 aliphatic carbocycles. The number of phenols is 1. The largest absolute Gasteiger partial charge is 0.507 e. The molecule has 21 heavy (non-hydrogen) atoms. The molecule has 0 unspecified atom stereocenters. The average Bonchev–Trinajstić information content (AvgIpc) is 2.47. The maximum absolute atomic E-state index is 12.8. The zero-order chi connectivity index (χ0) is 15.1. The molecule has 1 aliphatic heterocycles. The fourth-order valence-corrected chi connectivity index (χ4v) is 2.28. The molecule has 1 aromatic carbocycles. The minimum absolute atomic E-state index is 0.0793. The van der Waals surface area contributed by atoms with Crippen molar-refractivity contribution in [2.24, 2.45) is 0 Å². The Kier molecular flexibility index (Phi) is 5.95. The number of aromatic hydroxyl groups is 1. The monoisotopic (exact) mass is 296 g/mol. The summed E-state index contributed by atoms with van der Waals surface area (Å²) in [5, 5.41) is 15.5. The van der Waals surface area contributed by atoms with E-state index in [4.69, 9.17) is 4.74 Å². The van der Waals surface area contributed by atoms with E-state index in [0.717, 1.165) is 38.1 Å². The molecule has 3 N–H and O–H groups in total. The molecular formula is C15H21FN2O3. The van der Waals surface area contributed by atoms with Gasteiger partial charge in [0.15, 0.2) is 0 Å². The van der Waals surface area contributed by atoms with Gasteiger partial charge in [0.25, 0.3) is 5.91 Å². The first kappa shape index (κ1) is 15.7. The summed E-state index contributed by atoms with van der Waals surface area (Å²) in [6, 6.07) is 3.34. The Labute approximate surface area is 123 Å². The number of halogens is 1. The van der Waals surface area contributed by atoms with Gasteiger partial charge in [-0.2, -0.15) is 0 Å². The molecule has 116 valence electrons. The van der Waals surface area contributed by atoms with Crippen LogP contribution < -0.4 is 10.6 Å². The summed E-state index contributed by atoms with van der Waals surface area (Å²) >= 11 is 0. The molecule has 0 bridgehead atoms. The van der Waals surface area contributed by atoms with Crippen LogP contribution in [0.15, 0.2) is 18.2 Å². The van der Waals surface area contributed by atoms with Crippen LogP contribution in [-0.4, -0.2) is 43.4 Å². The first-order valence-electron chi connectivity index (χ1n) is 7.26. The SMILES string of the molecule is O=C(NCCCOC1CCNCC1)c1ccc(F)cc1O. The second-order valence-electron chi connectivity index (χ2n) is 5.09. The summed E-state index contributed by atoms with van der Waals surface area (Å²) in [6.45, 7) is 3.04. The smallest absolute Gasteiger partial charge is 0.255 e. The number of nitrogens with one attached hydrogen (secondary N) is 2. The first-order valence-corrected chi connectivity index (χ1v) is 7.26. The molecule has 0 saturated carbocycles.